The van der Waals surface area contributed by atoms with Gasteiger partial charge in [-0.15, -0.1) is 0 Å². The zero-order chi connectivity index (χ0) is 25.5. The van der Waals surface area contributed by atoms with Crippen LogP contribution in [-0.4, -0.2) is 46.0 Å². The lowest BCUT2D eigenvalue weighted by Crippen LogP contribution is -2.48. The lowest BCUT2D eigenvalue weighted by atomic mass is 9.92. The highest BCUT2D eigenvalue weighted by Gasteiger charge is 2.36. The molecule has 1 aromatic heterocycles. The van der Waals surface area contributed by atoms with Crippen LogP contribution in [0.1, 0.15) is 49.7 Å². The Morgan fingerprint density at radius 2 is 2.18 bits per heavy atom. The van der Waals surface area contributed by atoms with Gasteiger partial charge in [-0.2, -0.15) is 0 Å². The Bertz CT molecular complexity index is 1070. The van der Waals surface area contributed by atoms with Gasteiger partial charge in [-0.05, 0) is 30.1 Å². The van der Waals surface area contributed by atoms with Gasteiger partial charge in [-0.3, -0.25) is 4.79 Å². The van der Waals surface area contributed by atoms with Crippen LogP contribution in [0.5, 0.6) is 0 Å². The van der Waals surface area contributed by atoms with Crippen molar-refractivity contribution in [3.8, 4) is 0 Å². The van der Waals surface area contributed by atoms with Crippen LogP contribution >= 0.6 is 11.6 Å². The molecule has 1 atom stereocenters. The third-order valence-corrected chi connectivity index (χ3v) is 4.62. The van der Waals surface area contributed by atoms with Crippen LogP contribution in [-0.2, 0) is 12.9 Å². The highest BCUT2D eigenvalue weighted by molar-refractivity contribution is 6.31. The molecule has 1 fully saturated rings. The van der Waals surface area contributed by atoms with E-state index in [1.807, 2.05) is 0 Å². The predicted molar refractivity (Wildman–Crippen MR) is 104 cm³/mol. The standard InChI is InChI=1S/C20H23ClF2N4O/c1-2-14-10-25-18(26-11-14)12-24-13-20(23)5-7-27(8-6-20)19(28)15-3-4-17(22)16(21)9-15/h3-4,9-11,24H,2,5-8,12-13H2,1H3/i2D2,7D2,12D2. The van der Waals surface area contributed by atoms with E-state index < -0.39 is 49.7 Å². The van der Waals surface area contributed by atoms with E-state index in [-0.39, 0.29) is 34.9 Å². The second kappa shape index (κ2) is 8.92. The molecular formula is C20H23ClF2N4O. The summed E-state index contributed by atoms with van der Waals surface area (Å²) in [6.45, 7) is -4.34. The number of rotatable bonds is 6. The van der Waals surface area contributed by atoms with Crippen LogP contribution in [0, 0.1) is 5.82 Å². The maximum atomic E-state index is 15.5. The maximum absolute atomic E-state index is 15.5. The minimum atomic E-state index is -2.40. The molecule has 2 aromatic rings. The number of nitrogens with zero attached hydrogens (tertiary/aromatic N) is 3. The Hall–Kier alpha value is -2.12. The van der Waals surface area contributed by atoms with Gasteiger partial charge in [0.15, 0.2) is 0 Å². The van der Waals surface area contributed by atoms with Gasteiger partial charge in [0.05, 0.1) is 14.3 Å². The quantitative estimate of drug-likeness (QED) is 0.785. The Labute approximate surface area is 176 Å². The number of hydrogen-bond acceptors (Lipinski definition) is 4. The molecule has 0 aliphatic carbocycles. The number of aromatic nitrogens is 2. The molecule has 5 nitrogen and oxygen atoms in total. The first-order valence-corrected chi connectivity index (χ1v) is 8.96. The fourth-order valence-electron chi connectivity index (χ4n) is 2.63. The molecule has 8 heteroatoms. The topological polar surface area (TPSA) is 58.1 Å². The summed E-state index contributed by atoms with van der Waals surface area (Å²) >= 11 is 5.71. The van der Waals surface area contributed by atoms with Crippen LogP contribution < -0.4 is 5.32 Å². The Morgan fingerprint density at radius 3 is 2.82 bits per heavy atom. The number of carbonyl (C=O) groups is 1. The van der Waals surface area contributed by atoms with E-state index in [4.69, 9.17) is 19.8 Å². The van der Waals surface area contributed by atoms with Gasteiger partial charge in [-0.25, -0.2) is 18.7 Å². The lowest BCUT2D eigenvalue weighted by Gasteiger charge is -2.36. The van der Waals surface area contributed by atoms with Crippen molar-refractivity contribution < 1.29 is 21.8 Å². The van der Waals surface area contributed by atoms with Gasteiger partial charge in [0, 0.05) is 55.9 Å². The van der Waals surface area contributed by atoms with Gasteiger partial charge < -0.3 is 10.2 Å². The monoisotopic (exact) mass is 414 g/mol. The molecule has 1 N–H and O–H groups in total. The summed E-state index contributed by atoms with van der Waals surface area (Å²) in [5, 5.41) is 2.09. The average molecular weight is 415 g/mol. The minimum Gasteiger partial charge on any atom is -0.338 e. The first-order valence-electron chi connectivity index (χ1n) is 11.6. The average Bonchev–Trinajstić information content (AvgIpc) is 2.73. The van der Waals surface area contributed by atoms with Crippen LogP contribution in [0.2, 0.25) is 5.02 Å². The van der Waals surface area contributed by atoms with Gasteiger partial charge >= 0.3 is 0 Å². The van der Waals surface area contributed by atoms with Crippen molar-refractivity contribution in [1.29, 1.82) is 0 Å². The third kappa shape index (κ3) is 5.02. The summed E-state index contributed by atoms with van der Waals surface area (Å²) in [5.41, 5.74) is -2.07. The van der Waals surface area contributed by atoms with Crippen molar-refractivity contribution in [2.24, 2.45) is 0 Å². The molecule has 1 amide bonds. The van der Waals surface area contributed by atoms with Crippen LogP contribution in [0.3, 0.4) is 0 Å². The molecule has 1 saturated heterocycles. The molecule has 1 aliphatic heterocycles. The van der Waals surface area contributed by atoms with E-state index >= 15 is 4.39 Å². The molecule has 2 heterocycles. The molecule has 0 spiro atoms. The summed E-state index contributed by atoms with van der Waals surface area (Å²) < 4.78 is 76.9. The largest absolute Gasteiger partial charge is 0.338 e. The molecule has 1 aromatic carbocycles. The predicted octanol–water partition coefficient (Wildman–Crippen LogP) is 3.57. The molecule has 150 valence electrons. The van der Waals surface area contributed by atoms with Crippen LogP contribution in [0.25, 0.3) is 0 Å². The normalized spacial score (nSPS) is 25.6. The summed E-state index contributed by atoms with van der Waals surface area (Å²) in [6, 6.07) is 3.24. The number of benzene rings is 1. The van der Waals surface area contributed by atoms with E-state index in [1.165, 1.54) is 13.0 Å². The number of aryl methyl sites for hydroxylation is 1. The van der Waals surface area contributed by atoms with Crippen molar-refractivity contribution in [1.82, 2.24) is 20.2 Å². The van der Waals surface area contributed by atoms with Crippen LogP contribution in [0.4, 0.5) is 8.78 Å². The van der Waals surface area contributed by atoms with Crippen LogP contribution in [0.15, 0.2) is 30.6 Å². The first kappa shape index (κ1) is 14.0. The lowest BCUT2D eigenvalue weighted by molar-refractivity contribution is 0.0434. The van der Waals surface area contributed by atoms with Crippen molar-refractivity contribution in [3.63, 3.8) is 0 Å². The molecular weight excluding hydrogens is 386 g/mol. The van der Waals surface area contributed by atoms with Crippen molar-refractivity contribution in [2.45, 2.75) is 38.3 Å². The Morgan fingerprint density at radius 1 is 1.43 bits per heavy atom. The molecule has 0 saturated carbocycles. The second-order valence-corrected chi connectivity index (χ2v) is 6.75. The smallest absolute Gasteiger partial charge is 0.253 e. The molecule has 28 heavy (non-hydrogen) atoms. The van der Waals surface area contributed by atoms with E-state index in [0.717, 1.165) is 29.4 Å². The van der Waals surface area contributed by atoms with E-state index in [1.54, 1.807) is 0 Å². The Kier molecular flexibility index (Phi) is 4.45. The number of amides is 1. The zero-order valence-electron chi connectivity index (χ0n) is 21.1. The molecule has 0 bridgehead atoms. The van der Waals surface area contributed by atoms with Gasteiger partial charge in [0.1, 0.15) is 17.3 Å². The second-order valence-electron chi connectivity index (χ2n) is 6.35. The SMILES string of the molecule is [2H]C([2H])(C)c1cnc(C([2H])([2H])NCC2(F)CCN(C(=O)c3ccc(F)c(Cl)c3)C([2H])([2H])C2)nc1. The van der Waals surface area contributed by atoms with Gasteiger partial charge in [0.2, 0.25) is 0 Å². The molecule has 1 unspecified atom stereocenters. The minimum absolute atomic E-state index is 0.0341. The number of likely N-dealkylation sites (tertiary alicyclic amines) is 1. The van der Waals surface area contributed by atoms with E-state index in [0.29, 0.717) is 0 Å². The molecule has 1 aliphatic rings. The summed E-state index contributed by atoms with van der Waals surface area (Å²) in [4.78, 5) is 21.3. The summed E-state index contributed by atoms with van der Waals surface area (Å²) in [5.74, 6) is -1.82. The summed E-state index contributed by atoms with van der Waals surface area (Å²) in [6.07, 6.45) is -0.404. The highest BCUT2D eigenvalue weighted by atomic mass is 35.5. The summed E-state index contributed by atoms with van der Waals surface area (Å²) in [7, 11) is 0. The van der Waals surface area contributed by atoms with E-state index in [2.05, 4.69) is 15.3 Å². The third-order valence-electron chi connectivity index (χ3n) is 4.33. The van der Waals surface area contributed by atoms with Crippen molar-refractivity contribution in [3.05, 3.63) is 58.4 Å². The number of alkyl halides is 1. The molecule has 0 radical (unpaired) electrons. The molecule has 3 rings (SSSR count). The maximum Gasteiger partial charge on any atom is 0.253 e. The first-order chi connectivity index (χ1) is 15.5. The number of carbonyl (C=O) groups excluding carboxylic acids is 1. The number of piperidine rings is 1. The van der Waals surface area contributed by atoms with Crippen molar-refractivity contribution in [2.75, 3.05) is 19.6 Å². The van der Waals surface area contributed by atoms with Gasteiger partial charge in [0.25, 0.3) is 5.91 Å². The Balaban J connectivity index is 1.69. The zero-order valence-corrected chi connectivity index (χ0v) is 15.9. The fraction of sp³-hybridized carbons (Fsp3) is 0.450. The fourth-order valence-corrected chi connectivity index (χ4v) is 2.81. The van der Waals surface area contributed by atoms with Crippen molar-refractivity contribution >= 4 is 17.5 Å². The highest BCUT2D eigenvalue weighted by Crippen LogP contribution is 2.27. The van der Waals surface area contributed by atoms with E-state index in [9.17, 15) is 9.18 Å². The number of halogens is 3. The van der Waals surface area contributed by atoms with Gasteiger partial charge in [-0.1, -0.05) is 18.5 Å². The number of nitrogens with one attached hydrogen (secondary N) is 1. The number of hydrogen-bond donors (Lipinski definition) is 1.